The fourth-order valence-corrected chi connectivity index (χ4v) is 5.10. The molecule has 3 rings (SSSR count). The summed E-state index contributed by atoms with van der Waals surface area (Å²) in [6, 6.07) is 9.74. The minimum Gasteiger partial charge on any atom is -0.339 e. The summed E-state index contributed by atoms with van der Waals surface area (Å²) in [5, 5.41) is 2.65. The molecule has 1 saturated heterocycles. The molecule has 0 saturated carbocycles. The van der Waals surface area contributed by atoms with Gasteiger partial charge in [-0.05, 0) is 55.3 Å². The number of amides is 2. The zero-order valence-electron chi connectivity index (χ0n) is 17.6. The molecule has 7 nitrogen and oxygen atoms in total. The quantitative estimate of drug-likeness (QED) is 0.705. The first-order valence-electron chi connectivity index (χ1n) is 10.3. The molecule has 1 fully saturated rings. The number of rotatable bonds is 7. The van der Waals surface area contributed by atoms with Crippen LogP contribution >= 0.6 is 0 Å². The number of nitrogens with one attached hydrogen (secondary N) is 1. The fourth-order valence-electron chi connectivity index (χ4n) is 3.55. The molecule has 0 aromatic heterocycles. The summed E-state index contributed by atoms with van der Waals surface area (Å²) < 4.78 is 40.7. The first-order valence-corrected chi connectivity index (χ1v) is 11.7. The monoisotopic (exact) mass is 447 g/mol. The molecule has 0 aliphatic carbocycles. The normalized spacial score (nSPS) is 14.1. The SMILES string of the molecule is CCN(CC)S(=O)(=O)c1cc(C(=O)Nc2ccc(C(=O)N3CCCC3)cc2)ccc1F. The first-order chi connectivity index (χ1) is 14.8. The lowest BCUT2D eigenvalue weighted by molar-refractivity contribution is 0.0792. The van der Waals surface area contributed by atoms with E-state index in [2.05, 4.69) is 5.32 Å². The van der Waals surface area contributed by atoms with Gasteiger partial charge in [0.25, 0.3) is 11.8 Å². The van der Waals surface area contributed by atoms with Crippen LogP contribution in [0.1, 0.15) is 47.4 Å². The van der Waals surface area contributed by atoms with Crippen LogP contribution in [0.4, 0.5) is 10.1 Å². The maximum atomic E-state index is 14.3. The molecule has 0 radical (unpaired) electrons. The zero-order chi connectivity index (χ0) is 22.6. The molecule has 0 spiro atoms. The molecule has 1 N–H and O–H groups in total. The number of anilines is 1. The van der Waals surface area contributed by atoms with Gasteiger partial charge in [0.1, 0.15) is 10.7 Å². The third-order valence-electron chi connectivity index (χ3n) is 5.30. The van der Waals surface area contributed by atoms with Crippen molar-refractivity contribution >= 4 is 27.5 Å². The molecule has 9 heteroatoms. The topological polar surface area (TPSA) is 86.8 Å². The van der Waals surface area contributed by atoms with Crippen molar-refractivity contribution in [2.75, 3.05) is 31.5 Å². The van der Waals surface area contributed by atoms with Crippen molar-refractivity contribution in [3.63, 3.8) is 0 Å². The predicted molar refractivity (Wildman–Crippen MR) is 116 cm³/mol. The van der Waals surface area contributed by atoms with Crippen molar-refractivity contribution in [2.24, 2.45) is 0 Å². The van der Waals surface area contributed by atoms with E-state index < -0.39 is 26.6 Å². The van der Waals surface area contributed by atoms with Crippen LogP contribution in [0.2, 0.25) is 0 Å². The first kappa shape index (κ1) is 22.9. The third-order valence-corrected chi connectivity index (χ3v) is 7.36. The zero-order valence-corrected chi connectivity index (χ0v) is 18.4. The summed E-state index contributed by atoms with van der Waals surface area (Å²) in [4.78, 5) is 26.3. The molecule has 2 aromatic rings. The number of halogens is 1. The molecule has 1 heterocycles. The third kappa shape index (κ3) is 4.94. The van der Waals surface area contributed by atoms with E-state index in [-0.39, 0.29) is 24.6 Å². The van der Waals surface area contributed by atoms with Gasteiger partial charge in [-0.2, -0.15) is 4.31 Å². The minimum atomic E-state index is -4.05. The van der Waals surface area contributed by atoms with Crippen LogP contribution in [0.3, 0.4) is 0 Å². The van der Waals surface area contributed by atoms with Crippen LogP contribution in [0, 0.1) is 5.82 Å². The lowest BCUT2D eigenvalue weighted by atomic mass is 10.1. The van der Waals surface area contributed by atoms with Crippen LogP contribution in [-0.2, 0) is 10.0 Å². The molecule has 0 unspecified atom stereocenters. The van der Waals surface area contributed by atoms with Crippen molar-refractivity contribution in [3.8, 4) is 0 Å². The van der Waals surface area contributed by atoms with E-state index in [4.69, 9.17) is 0 Å². The van der Waals surface area contributed by atoms with Gasteiger partial charge in [-0.3, -0.25) is 9.59 Å². The highest BCUT2D eigenvalue weighted by atomic mass is 32.2. The highest BCUT2D eigenvalue weighted by Crippen LogP contribution is 2.22. The number of carbonyl (C=O) groups excluding carboxylic acids is 2. The van der Waals surface area contributed by atoms with Crippen LogP contribution in [-0.4, -0.2) is 55.6 Å². The number of benzene rings is 2. The number of likely N-dealkylation sites (tertiary alicyclic amines) is 1. The van der Waals surface area contributed by atoms with Gasteiger partial charge in [0.05, 0.1) is 0 Å². The van der Waals surface area contributed by atoms with E-state index in [0.29, 0.717) is 11.3 Å². The number of hydrogen-bond acceptors (Lipinski definition) is 4. The Morgan fingerprint density at radius 1 is 1.00 bits per heavy atom. The largest absolute Gasteiger partial charge is 0.339 e. The van der Waals surface area contributed by atoms with Gasteiger partial charge in [0, 0.05) is 43.0 Å². The minimum absolute atomic E-state index is 0.0179. The highest BCUT2D eigenvalue weighted by molar-refractivity contribution is 7.89. The van der Waals surface area contributed by atoms with E-state index in [1.165, 1.54) is 6.07 Å². The van der Waals surface area contributed by atoms with Gasteiger partial charge in [0.15, 0.2) is 0 Å². The molecule has 1 aliphatic heterocycles. The summed E-state index contributed by atoms with van der Waals surface area (Å²) >= 11 is 0. The molecule has 1 aliphatic rings. The van der Waals surface area contributed by atoms with Crippen LogP contribution in [0.5, 0.6) is 0 Å². The summed E-state index contributed by atoms with van der Waals surface area (Å²) in [5.41, 5.74) is 0.999. The molecule has 2 amide bonds. The number of nitrogens with zero attached hydrogens (tertiary/aromatic N) is 2. The lowest BCUT2D eigenvalue weighted by Gasteiger charge is -2.19. The average Bonchev–Trinajstić information content (AvgIpc) is 3.29. The molecule has 31 heavy (non-hydrogen) atoms. The second-order valence-corrected chi connectivity index (χ2v) is 9.17. The number of carbonyl (C=O) groups is 2. The molecule has 166 valence electrons. The summed E-state index contributed by atoms with van der Waals surface area (Å²) in [5.74, 6) is -1.52. The van der Waals surface area contributed by atoms with E-state index in [9.17, 15) is 22.4 Å². The Balaban J connectivity index is 1.77. The molecular weight excluding hydrogens is 421 g/mol. The van der Waals surface area contributed by atoms with Gasteiger partial charge < -0.3 is 10.2 Å². The van der Waals surface area contributed by atoms with Crippen LogP contribution in [0.25, 0.3) is 0 Å². The Bertz CT molecular complexity index is 1060. The fraction of sp³-hybridized carbons (Fsp3) is 0.364. The highest BCUT2D eigenvalue weighted by Gasteiger charge is 2.26. The Labute approximate surface area is 181 Å². The summed E-state index contributed by atoms with van der Waals surface area (Å²) in [7, 11) is -4.05. The second kappa shape index (κ2) is 9.57. The van der Waals surface area contributed by atoms with Crippen molar-refractivity contribution in [1.29, 1.82) is 0 Å². The van der Waals surface area contributed by atoms with E-state index in [1.54, 1.807) is 43.0 Å². The van der Waals surface area contributed by atoms with Crippen molar-refractivity contribution < 1.29 is 22.4 Å². The Morgan fingerprint density at radius 3 is 2.16 bits per heavy atom. The van der Waals surface area contributed by atoms with E-state index in [0.717, 1.165) is 42.4 Å². The second-order valence-electron chi connectivity index (χ2n) is 7.27. The molecule has 0 bridgehead atoms. The lowest BCUT2D eigenvalue weighted by Crippen LogP contribution is -2.31. The molecule has 0 atom stereocenters. The molecular formula is C22H26FN3O4S. The maximum absolute atomic E-state index is 14.3. The average molecular weight is 448 g/mol. The van der Waals surface area contributed by atoms with Crippen molar-refractivity contribution in [3.05, 3.63) is 59.4 Å². The van der Waals surface area contributed by atoms with Crippen molar-refractivity contribution in [2.45, 2.75) is 31.6 Å². The van der Waals surface area contributed by atoms with Gasteiger partial charge in [-0.1, -0.05) is 13.8 Å². The Hall–Kier alpha value is -2.78. The van der Waals surface area contributed by atoms with Crippen LogP contribution in [0.15, 0.2) is 47.4 Å². The van der Waals surface area contributed by atoms with Gasteiger partial charge in [-0.25, -0.2) is 12.8 Å². The smallest absolute Gasteiger partial charge is 0.255 e. The maximum Gasteiger partial charge on any atom is 0.255 e. The number of hydrogen-bond donors (Lipinski definition) is 1. The standard InChI is InChI=1S/C22H26FN3O4S/c1-3-26(4-2)31(29,30)20-15-17(9-12-19(20)23)21(27)24-18-10-7-16(8-11-18)22(28)25-13-5-6-14-25/h7-12,15H,3-6,13-14H2,1-2H3,(H,24,27). The van der Waals surface area contributed by atoms with E-state index >= 15 is 0 Å². The van der Waals surface area contributed by atoms with Gasteiger partial charge in [0.2, 0.25) is 10.0 Å². The summed E-state index contributed by atoms with van der Waals surface area (Å²) in [6.07, 6.45) is 2.01. The Morgan fingerprint density at radius 2 is 1.58 bits per heavy atom. The number of sulfonamides is 1. The van der Waals surface area contributed by atoms with Crippen molar-refractivity contribution in [1.82, 2.24) is 9.21 Å². The Kier molecular flexibility index (Phi) is 7.07. The van der Waals surface area contributed by atoms with Gasteiger partial charge >= 0.3 is 0 Å². The summed E-state index contributed by atoms with van der Waals surface area (Å²) in [6.45, 7) is 5.21. The van der Waals surface area contributed by atoms with Crippen LogP contribution < -0.4 is 5.32 Å². The molecule has 2 aromatic carbocycles. The van der Waals surface area contributed by atoms with Gasteiger partial charge in [-0.15, -0.1) is 0 Å². The van der Waals surface area contributed by atoms with E-state index in [1.807, 2.05) is 0 Å². The predicted octanol–water partition coefficient (Wildman–Crippen LogP) is 3.34.